The molecule has 1 heterocycles. The van der Waals surface area contributed by atoms with Crippen molar-refractivity contribution >= 4 is 11.8 Å². The summed E-state index contributed by atoms with van der Waals surface area (Å²) in [7, 11) is 1.73. The molecule has 1 saturated heterocycles. The summed E-state index contributed by atoms with van der Waals surface area (Å²) < 4.78 is 5.63. The summed E-state index contributed by atoms with van der Waals surface area (Å²) in [6.07, 6.45) is 0.111. The van der Waals surface area contributed by atoms with Crippen molar-refractivity contribution < 1.29 is 14.3 Å². The number of nitrogens with one attached hydrogen (secondary N) is 1. The SMILES string of the molecule is CCC(C)(C)NC(=O)[C@H]1OCC(=O)N(C)[C@@H]1c1ccccc1C. The maximum atomic E-state index is 12.7. The van der Waals surface area contributed by atoms with Crippen molar-refractivity contribution in [2.75, 3.05) is 13.7 Å². The van der Waals surface area contributed by atoms with E-state index in [1.807, 2.05) is 52.0 Å². The Morgan fingerprint density at radius 2 is 2.04 bits per heavy atom. The number of likely N-dealkylation sites (N-methyl/N-ethyl adjacent to an activating group) is 1. The number of hydrogen-bond acceptors (Lipinski definition) is 3. The van der Waals surface area contributed by atoms with Gasteiger partial charge in [0.25, 0.3) is 5.91 Å². The second kappa shape index (κ2) is 6.71. The molecule has 0 radical (unpaired) electrons. The minimum absolute atomic E-state index is 0.0660. The summed E-state index contributed by atoms with van der Waals surface area (Å²) >= 11 is 0. The van der Waals surface area contributed by atoms with Gasteiger partial charge < -0.3 is 15.0 Å². The molecule has 23 heavy (non-hydrogen) atoms. The molecule has 2 amide bonds. The smallest absolute Gasteiger partial charge is 0.252 e. The predicted octanol–water partition coefficient (Wildman–Crippen LogP) is 2.20. The molecule has 1 aromatic rings. The minimum Gasteiger partial charge on any atom is -0.356 e. The standard InChI is InChI=1S/C18H26N2O3/c1-6-18(3,4)19-17(22)16-15(20(5)14(21)11-23-16)13-10-8-7-9-12(13)2/h7-10,15-16H,6,11H2,1-5H3,(H,19,22)/t15-,16+/m1/s1. The number of ether oxygens (including phenoxy) is 1. The molecule has 1 aliphatic rings. The van der Waals surface area contributed by atoms with Gasteiger partial charge in [0.05, 0.1) is 6.04 Å². The number of carbonyl (C=O) groups is 2. The Labute approximate surface area is 138 Å². The molecule has 0 bridgehead atoms. The fourth-order valence-electron chi connectivity index (χ4n) is 2.71. The molecule has 1 N–H and O–H groups in total. The topological polar surface area (TPSA) is 58.6 Å². The van der Waals surface area contributed by atoms with Crippen molar-refractivity contribution in [2.24, 2.45) is 0 Å². The normalized spacial score (nSPS) is 22.1. The van der Waals surface area contributed by atoms with Crippen molar-refractivity contribution in [3.8, 4) is 0 Å². The summed E-state index contributed by atoms with van der Waals surface area (Å²) in [5.74, 6) is -0.290. The summed E-state index contributed by atoms with van der Waals surface area (Å²) in [6.45, 7) is 7.89. The quantitative estimate of drug-likeness (QED) is 0.926. The van der Waals surface area contributed by atoms with Gasteiger partial charge in [-0.05, 0) is 38.3 Å². The Balaban J connectivity index is 2.34. The third kappa shape index (κ3) is 3.72. The van der Waals surface area contributed by atoms with Crippen molar-refractivity contribution in [1.82, 2.24) is 10.2 Å². The first kappa shape index (κ1) is 17.5. The number of aryl methyl sites for hydroxylation is 1. The van der Waals surface area contributed by atoms with Gasteiger partial charge in [-0.2, -0.15) is 0 Å². The molecular weight excluding hydrogens is 292 g/mol. The highest BCUT2D eigenvalue weighted by Gasteiger charge is 2.41. The zero-order valence-electron chi connectivity index (χ0n) is 14.6. The van der Waals surface area contributed by atoms with Crippen LogP contribution in [0.15, 0.2) is 24.3 Å². The van der Waals surface area contributed by atoms with Gasteiger partial charge in [0.15, 0.2) is 6.10 Å². The lowest BCUT2D eigenvalue weighted by Gasteiger charge is -2.40. The van der Waals surface area contributed by atoms with Crippen LogP contribution in [0.3, 0.4) is 0 Å². The lowest BCUT2D eigenvalue weighted by molar-refractivity contribution is -0.162. The van der Waals surface area contributed by atoms with Crippen LogP contribution in [0, 0.1) is 6.92 Å². The average molecular weight is 318 g/mol. The van der Waals surface area contributed by atoms with Gasteiger partial charge in [0.2, 0.25) is 5.91 Å². The van der Waals surface area contributed by atoms with Crippen LogP contribution in [0.4, 0.5) is 0 Å². The van der Waals surface area contributed by atoms with Crippen LogP contribution in [-0.4, -0.2) is 42.0 Å². The molecule has 5 heteroatoms. The number of amides is 2. The molecule has 5 nitrogen and oxygen atoms in total. The molecule has 0 unspecified atom stereocenters. The van der Waals surface area contributed by atoms with Crippen molar-refractivity contribution in [3.63, 3.8) is 0 Å². The van der Waals surface area contributed by atoms with E-state index in [0.29, 0.717) is 0 Å². The van der Waals surface area contributed by atoms with E-state index in [2.05, 4.69) is 5.32 Å². The first-order chi connectivity index (χ1) is 10.8. The largest absolute Gasteiger partial charge is 0.356 e. The number of carbonyl (C=O) groups excluding carboxylic acids is 2. The molecule has 2 atom stereocenters. The number of benzene rings is 1. The first-order valence-corrected chi connectivity index (χ1v) is 8.01. The second-order valence-corrected chi connectivity index (χ2v) is 6.76. The molecule has 0 spiro atoms. The molecule has 1 aromatic carbocycles. The Kier molecular flexibility index (Phi) is 5.09. The van der Waals surface area contributed by atoms with Crippen LogP contribution in [0.2, 0.25) is 0 Å². The van der Waals surface area contributed by atoms with Crippen LogP contribution in [0.25, 0.3) is 0 Å². The predicted molar refractivity (Wildman–Crippen MR) is 88.9 cm³/mol. The van der Waals surface area contributed by atoms with E-state index in [9.17, 15) is 9.59 Å². The fraction of sp³-hybridized carbons (Fsp3) is 0.556. The van der Waals surface area contributed by atoms with E-state index >= 15 is 0 Å². The van der Waals surface area contributed by atoms with Gasteiger partial charge in [0.1, 0.15) is 6.61 Å². The van der Waals surface area contributed by atoms with Crippen molar-refractivity contribution in [1.29, 1.82) is 0 Å². The van der Waals surface area contributed by atoms with E-state index in [0.717, 1.165) is 17.5 Å². The van der Waals surface area contributed by atoms with E-state index in [1.54, 1.807) is 11.9 Å². The van der Waals surface area contributed by atoms with Crippen LogP contribution < -0.4 is 5.32 Å². The van der Waals surface area contributed by atoms with Gasteiger partial charge in [-0.3, -0.25) is 9.59 Å². The first-order valence-electron chi connectivity index (χ1n) is 8.01. The van der Waals surface area contributed by atoms with Gasteiger partial charge in [0, 0.05) is 12.6 Å². The maximum Gasteiger partial charge on any atom is 0.252 e. The summed E-state index contributed by atoms with van der Waals surface area (Å²) in [5.41, 5.74) is 1.67. The fourth-order valence-corrected chi connectivity index (χ4v) is 2.71. The highest BCUT2D eigenvalue weighted by atomic mass is 16.5. The van der Waals surface area contributed by atoms with Crippen LogP contribution in [0.1, 0.15) is 44.4 Å². The molecule has 1 fully saturated rings. The Morgan fingerprint density at radius 1 is 1.39 bits per heavy atom. The monoisotopic (exact) mass is 318 g/mol. The lowest BCUT2D eigenvalue weighted by Crippen LogP contribution is -2.56. The molecule has 0 aliphatic carbocycles. The van der Waals surface area contributed by atoms with Crippen LogP contribution >= 0.6 is 0 Å². The molecule has 0 saturated carbocycles. The molecule has 1 aliphatic heterocycles. The average Bonchev–Trinajstić information content (AvgIpc) is 2.50. The Bertz CT molecular complexity index is 598. The maximum absolute atomic E-state index is 12.7. The van der Waals surface area contributed by atoms with E-state index in [-0.39, 0.29) is 24.0 Å². The van der Waals surface area contributed by atoms with Gasteiger partial charge in [-0.1, -0.05) is 31.2 Å². The highest BCUT2D eigenvalue weighted by Crippen LogP contribution is 2.31. The second-order valence-electron chi connectivity index (χ2n) is 6.76. The molecular formula is C18H26N2O3. The third-order valence-corrected chi connectivity index (χ3v) is 4.59. The lowest BCUT2D eigenvalue weighted by atomic mass is 9.93. The van der Waals surface area contributed by atoms with E-state index in [4.69, 9.17) is 4.74 Å². The number of hydrogen-bond donors (Lipinski definition) is 1. The molecule has 0 aromatic heterocycles. The van der Waals surface area contributed by atoms with Gasteiger partial charge in [-0.15, -0.1) is 0 Å². The summed E-state index contributed by atoms with van der Waals surface area (Å²) in [5, 5.41) is 3.03. The van der Waals surface area contributed by atoms with Crippen molar-refractivity contribution in [3.05, 3.63) is 35.4 Å². The van der Waals surface area contributed by atoms with E-state index < -0.39 is 12.1 Å². The van der Waals surface area contributed by atoms with Crippen LogP contribution in [0.5, 0.6) is 0 Å². The highest BCUT2D eigenvalue weighted by molar-refractivity contribution is 5.86. The summed E-state index contributed by atoms with van der Waals surface area (Å²) in [6, 6.07) is 7.38. The number of nitrogens with zero attached hydrogens (tertiary/aromatic N) is 1. The zero-order valence-corrected chi connectivity index (χ0v) is 14.6. The number of morpholine rings is 1. The number of rotatable bonds is 4. The summed E-state index contributed by atoms with van der Waals surface area (Å²) in [4.78, 5) is 26.4. The molecule has 126 valence electrons. The Hall–Kier alpha value is -1.88. The van der Waals surface area contributed by atoms with Gasteiger partial charge in [-0.25, -0.2) is 0 Å². The third-order valence-electron chi connectivity index (χ3n) is 4.59. The van der Waals surface area contributed by atoms with E-state index in [1.165, 1.54) is 0 Å². The van der Waals surface area contributed by atoms with Crippen LogP contribution in [-0.2, 0) is 14.3 Å². The zero-order chi connectivity index (χ0) is 17.2. The Morgan fingerprint density at radius 3 is 2.65 bits per heavy atom. The van der Waals surface area contributed by atoms with Crippen molar-refractivity contribution in [2.45, 2.75) is 51.8 Å². The molecule has 2 rings (SSSR count). The minimum atomic E-state index is -0.704. The van der Waals surface area contributed by atoms with Gasteiger partial charge >= 0.3 is 0 Å².